The summed E-state index contributed by atoms with van der Waals surface area (Å²) in [5, 5.41) is 11.0. The molecule has 2 aliphatic heterocycles. The van der Waals surface area contributed by atoms with E-state index < -0.39 is 6.10 Å². The van der Waals surface area contributed by atoms with Crippen LogP contribution in [0, 0.1) is 12.7 Å². The molecule has 9 heteroatoms. The molecule has 4 heterocycles. The molecular formula is C23H23FN4O4. The highest BCUT2D eigenvalue weighted by molar-refractivity contribution is 6.00. The van der Waals surface area contributed by atoms with Crippen LogP contribution in [0.1, 0.15) is 40.0 Å². The summed E-state index contributed by atoms with van der Waals surface area (Å²) in [5.74, 6) is -0.365. The van der Waals surface area contributed by atoms with E-state index in [-0.39, 0.29) is 41.7 Å². The van der Waals surface area contributed by atoms with Gasteiger partial charge in [0.05, 0.1) is 35.7 Å². The van der Waals surface area contributed by atoms with Gasteiger partial charge in [-0.1, -0.05) is 0 Å². The minimum Gasteiger partial charge on any atom is -0.381 e. The monoisotopic (exact) mass is 438 g/mol. The van der Waals surface area contributed by atoms with Crippen LogP contribution in [0.4, 0.5) is 10.1 Å². The van der Waals surface area contributed by atoms with Crippen molar-refractivity contribution in [1.82, 2.24) is 9.55 Å². The normalized spacial score (nSPS) is 17.4. The summed E-state index contributed by atoms with van der Waals surface area (Å²) >= 11 is 0. The van der Waals surface area contributed by atoms with Gasteiger partial charge in [0.15, 0.2) is 6.29 Å². The number of methoxy groups -OCH3 is 1. The SMILES string of the molecule is COCc1c(C(O)C=O)cc2n(c1=O)Cc1c-2nc2cc(F)c(C)c3c2c1C(N)CN3C. The quantitative estimate of drug-likeness (QED) is 0.467. The van der Waals surface area contributed by atoms with Crippen LogP contribution in [0.25, 0.3) is 22.3 Å². The van der Waals surface area contributed by atoms with Gasteiger partial charge in [0, 0.05) is 60.5 Å². The molecule has 2 unspecified atom stereocenters. The largest absolute Gasteiger partial charge is 0.381 e. The summed E-state index contributed by atoms with van der Waals surface area (Å²) < 4.78 is 21.4. The molecule has 166 valence electrons. The van der Waals surface area contributed by atoms with Crippen molar-refractivity contribution in [3.63, 3.8) is 0 Å². The number of ether oxygens (including phenoxy) is 1. The number of fused-ring (bicyclic) bond motifs is 4. The van der Waals surface area contributed by atoms with Crippen LogP contribution in [-0.2, 0) is 22.7 Å². The fourth-order valence-electron chi connectivity index (χ4n) is 5.12. The van der Waals surface area contributed by atoms with E-state index in [1.807, 2.05) is 11.9 Å². The van der Waals surface area contributed by atoms with Gasteiger partial charge < -0.3 is 29.8 Å². The first-order valence-electron chi connectivity index (χ1n) is 10.3. The number of rotatable bonds is 4. The number of nitrogens with zero attached hydrogens (tertiary/aromatic N) is 3. The second kappa shape index (κ2) is 7.19. The van der Waals surface area contributed by atoms with Gasteiger partial charge in [-0.25, -0.2) is 9.37 Å². The topological polar surface area (TPSA) is 111 Å². The number of hydrogen-bond donors (Lipinski definition) is 2. The van der Waals surface area contributed by atoms with Crippen LogP contribution in [0.3, 0.4) is 0 Å². The second-order valence-electron chi connectivity index (χ2n) is 8.43. The Balaban J connectivity index is 1.87. The third-order valence-corrected chi connectivity index (χ3v) is 6.54. The third-order valence-electron chi connectivity index (χ3n) is 6.54. The zero-order chi connectivity index (χ0) is 22.9. The Kier molecular flexibility index (Phi) is 4.66. The van der Waals surface area contributed by atoms with Gasteiger partial charge in [0.25, 0.3) is 5.56 Å². The van der Waals surface area contributed by atoms with Crippen molar-refractivity contribution < 1.29 is 19.0 Å². The number of aliphatic hydroxyl groups is 1. The lowest BCUT2D eigenvalue weighted by molar-refractivity contribution is -0.115. The highest BCUT2D eigenvalue weighted by atomic mass is 19.1. The second-order valence-corrected chi connectivity index (χ2v) is 8.43. The number of aldehydes is 1. The summed E-state index contributed by atoms with van der Waals surface area (Å²) in [5.41, 5.74) is 11.0. The van der Waals surface area contributed by atoms with Gasteiger partial charge in [-0.15, -0.1) is 0 Å². The lowest BCUT2D eigenvalue weighted by atomic mass is 9.89. The molecule has 0 amide bonds. The zero-order valence-electron chi connectivity index (χ0n) is 18.0. The summed E-state index contributed by atoms with van der Waals surface area (Å²) in [6.07, 6.45) is -1.10. The third kappa shape index (κ3) is 2.68. The van der Waals surface area contributed by atoms with E-state index in [1.165, 1.54) is 13.2 Å². The zero-order valence-corrected chi connectivity index (χ0v) is 18.0. The Bertz CT molecular complexity index is 1370. The fourth-order valence-corrected chi connectivity index (χ4v) is 5.12. The molecule has 0 saturated carbocycles. The number of likely N-dealkylation sites (N-methyl/N-ethyl adjacent to an activating group) is 1. The molecule has 5 rings (SSSR count). The number of pyridine rings is 2. The van der Waals surface area contributed by atoms with Gasteiger partial charge in [0.2, 0.25) is 0 Å². The van der Waals surface area contributed by atoms with Crippen molar-refractivity contribution in [2.24, 2.45) is 5.73 Å². The predicted molar refractivity (Wildman–Crippen MR) is 117 cm³/mol. The molecule has 0 bridgehead atoms. The van der Waals surface area contributed by atoms with Crippen molar-refractivity contribution in [3.8, 4) is 11.4 Å². The molecule has 3 aromatic rings. The predicted octanol–water partition coefficient (Wildman–Crippen LogP) is 1.70. The van der Waals surface area contributed by atoms with Crippen molar-refractivity contribution >= 4 is 22.9 Å². The van der Waals surface area contributed by atoms with E-state index in [1.54, 1.807) is 17.6 Å². The first-order chi connectivity index (χ1) is 15.3. The minimum absolute atomic E-state index is 0.0448. The number of nitrogens with two attached hydrogens (primary N) is 1. The van der Waals surface area contributed by atoms with E-state index in [4.69, 9.17) is 15.5 Å². The maximum Gasteiger partial charge on any atom is 0.257 e. The van der Waals surface area contributed by atoms with Gasteiger partial charge in [-0.2, -0.15) is 0 Å². The van der Waals surface area contributed by atoms with Crippen molar-refractivity contribution in [1.29, 1.82) is 0 Å². The molecule has 1 aromatic carbocycles. The van der Waals surface area contributed by atoms with E-state index in [0.717, 1.165) is 22.2 Å². The number of carbonyl (C=O) groups is 1. The number of benzene rings is 1. The van der Waals surface area contributed by atoms with Crippen LogP contribution in [-0.4, -0.2) is 41.6 Å². The van der Waals surface area contributed by atoms with Gasteiger partial charge in [-0.3, -0.25) is 4.79 Å². The Morgan fingerprint density at radius 2 is 2.19 bits per heavy atom. The maximum atomic E-state index is 14.7. The Labute approximate surface area is 183 Å². The number of carbonyl (C=O) groups excluding carboxylic acids is 1. The molecule has 0 spiro atoms. The first kappa shape index (κ1) is 20.7. The number of aromatic nitrogens is 2. The molecule has 0 fully saturated rings. The molecule has 2 aliphatic rings. The van der Waals surface area contributed by atoms with Crippen LogP contribution in [0.15, 0.2) is 16.9 Å². The average molecular weight is 438 g/mol. The number of anilines is 1. The lowest BCUT2D eigenvalue weighted by Crippen LogP contribution is -2.34. The lowest BCUT2D eigenvalue weighted by Gasteiger charge is -2.34. The van der Waals surface area contributed by atoms with E-state index >= 15 is 0 Å². The van der Waals surface area contributed by atoms with Gasteiger partial charge >= 0.3 is 0 Å². The standard InChI is InChI=1S/C23H23FN4O4/c1-10-14(24)5-16-20-19(15(25)7-27(2)22(10)20)12-6-28-17(21(12)26-16)4-11(18(30)8-29)13(9-32-3)23(28)31/h4-5,8,15,18,30H,6-7,9,25H2,1-3H3. The van der Waals surface area contributed by atoms with Crippen LogP contribution < -0.4 is 16.2 Å². The van der Waals surface area contributed by atoms with Crippen molar-refractivity contribution in [3.05, 3.63) is 56.1 Å². The first-order valence-corrected chi connectivity index (χ1v) is 10.3. The average Bonchev–Trinajstić information content (AvgIpc) is 3.12. The van der Waals surface area contributed by atoms with Crippen LogP contribution in [0.5, 0.6) is 0 Å². The highest BCUT2D eigenvalue weighted by Crippen LogP contribution is 2.45. The van der Waals surface area contributed by atoms with Gasteiger partial charge in [0.1, 0.15) is 11.9 Å². The van der Waals surface area contributed by atoms with Crippen molar-refractivity contribution in [2.75, 3.05) is 25.6 Å². The molecule has 0 aliphatic carbocycles. The molecule has 2 atom stereocenters. The van der Waals surface area contributed by atoms with Gasteiger partial charge in [-0.05, 0) is 18.6 Å². The Morgan fingerprint density at radius 3 is 2.88 bits per heavy atom. The summed E-state index contributed by atoms with van der Waals surface area (Å²) in [4.78, 5) is 31.3. The molecular weight excluding hydrogens is 415 g/mol. The van der Waals surface area contributed by atoms with Crippen LogP contribution in [0.2, 0.25) is 0 Å². The molecule has 32 heavy (non-hydrogen) atoms. The molecule has 0 radical (unpaired) electrons. The molecule has 3 N–H and O–H groups in total. The maximum absolute atomic E-state index is 14.7. The molecule has 2 aromatic heterocycles. The summed E-state index contributed by atoms with van der Waals surface area (Å²) in [6.45, 7) is 2.44. The number of hydrogen-bond acceptors (Lipinski definition) is 7. The minimum atomic E-state index is -1.47. The summed E-state index contributed by atoms with van der Waals surface area (Å²) in [7, 11) is 3.32. The number of halogens is 1. The van der Waals surface area contributed by atoms with E-state index in [2.05, 4.69) is 0 Å². The smallest absolute Gasteiger partial charge is 0.257 e. The summed E-state index contributed by atoms with van der Waals surface area (Å²) in [6, 6.07) is 2.64. The fraction of sp³-hybridized carbons (Fsp3) is 0.348. The Hall–Kier alpha value is -3.14. The number of aliphatic hydroxyl groups excluding tert-OH is 1. The van der Waals surface area contributed by atoms with E-state index in [9.17, 15) is 19.1 Å². The molecule has 8 nitrogen and oxygen atoms in total. The van der Waals surface area contributed by atoms with Crippen molar-refractivity contribution in [2.45, 2.75) is 32.2 Å². The van der Waals surface area contributed by atoms with Crippen LogP contribution >= 0.6 is 0 Å². The molecule has 0 saturated heterocycles. The highest BCUT2D eigenvalue weighted by Gasteiger charge is 2.35. The van der Waals surface area contributed by atoms with E-state index in [0.29, 0.717) is 35.3 Å². The Morgan fingerprint density at radius 1 is 1.44 bits per heavy atom.